The summed E-state index contributed by atoms with van der Waals surface area (Å²) in [6.07, 6.45) is 0.998. The van der Waals surface area contributed by atoms with E-state index in [4.69, 9.17) is 22.1 Å². The molecule has 3 nitrogen and oxygen atoms in total. The molecule has 1 atom stereocenters. The molecular formula is C14H21ClN2O. The zero-order valence-electron chi connectivity index (χ0n) is 11.5. The van der Waals surface area contributed by atoms with Crippen LogP contribution in [0.3, 0.4) is 0 Å². The van der Waals surface area contributed by atoms with Gasteiger partial charge in [-0.2, -0.15) is 0 Å². The Kier molecular flexibility index (Phi) is 3.47. The topological polar surface area (TPSA) is 38.5 Å². The van der Waals surface area contributed by atoms with Gasteiger partial charge in [-0.05, 0) is 38.8 Å². The molecule has 0 radical (unpaired) electrons. The van der Waals surface area contributed by atoms with E-state index in [0.29, 0.717) is 0 Å². The molecule has 1 aliphatic heterocycles. The van der Waals surface area contributed by atoms with Crippen molar-refractivity contribution in [2.45, 2.75) is 38.8 Å². The molecule has 0 amide bonds. The van der Waals surface area contributed by atoms with Crippen LogP contribution in [0.25, 0.3) is 0 Å². The van der Waals surface area contributed by atoms with Crippen molar-refractivity contribution in [1.82, 2.24) is 0 Å². The average molecular weight is 269 g/mol. The first kappa shape index (κ1) is 13.5. The number of ether oxygens (including phenoxy) is 1. The van der Waals surface area contributed by atoms with Crippen LogP contribution in [0.15, 0.2) is 12.1 Å². The smallest absolute Gasteiger partial charge is 0.143 e. The van der Waals surface area contributed by atoms with Gasteiger partial charge in [-0.1, -0.05) is 11.6 Å². The van der Waals surface area contributed by atoms with Gasteiger partial charge in [0.2, 0.25) is 0 Å². The average Bonchev–Trinajstić information content (AvgIpc) is 2.57. The molecule has 2 rings (SSSR count). The Balaban J connectivity index is 2.48. The van der Waals surface area contributed by atoms with Gasteiger partial charge in [-0.25, -0.2) is 0 Å². The van der Waals surface area contributed by atoms with Crippen molar-refractivity contribution in [2.75, 3.05) is 18.6 Å². The summed E-state index contributed by atoms with van der Waals surface area (Å²) in [6, 6.07) is 4.14. The van der Waals surface area contributed by atoms with E-state index in [-0.39, 0.29) is 11.6 Å². The number of halogens is 1. The Morgan fingerprint density at radius 3 is 2.61 bits per heavy atom. The van der Waals surface area contributed by atoms with Crippen molar-refractivity contribution in [1.29, 1.82) is 0 Å². The zero-order valence-corrected chi connectivity index (χ0v) is 12.2. The minimum atomic E-state index is -0.0620. The second-order valence-electron chi connectivity index (χ2n) is 5.47. The standard InChI is InChI=1S/C14H21ClN2O/c1-9-7-11(12(18-4)8-10(9)15)17-6-5-13(16)14(17,2)3/h7-8,13H,5-6,16H2,1-4H3. The van der Waals surface area contributed by atoms with Crippen LogP contribution in [0.2, 0.25) is 5.02 Å². The summed E-state index contributed by atoms with van der Waals surface area (Å²) in [5.41, 5.74) is 8.27. The van der Waals surface area contributed by atoms with Gasteiger partial charge in [-0.3, -0.25) is 0 Å². The second-order valence-corrected chi connectivity index (χ2v) is 5.88. The van der Waals surface area contributed by atoms with E-state index in [1.165, 1.54) is 0 Å². The van der Waals surface area contributed by atoms with Gasteiger partial charge in [-0.15, -0.1) is 0 Å². The van der Waals surface area contributed by atoms with Gasteiger partial charge >= 0.3 is 0 Å². The molecule has 0 bridgehead atoms. The number of benzene rings is 1. The minimum Gasteiger partial charge on any atom is -0.495 e. The first-order valence-electron chi connectivity index (χ1n) is 6.25. The molecule has 4 heteroatoms. The zero-order chi connectivity index (χ0) is 13.5. The molecule has 1 heterocycles. The lowest BCUT2D eigenvalue weighted by atomic mass is 9.96. The van der Waals surface area contributed by atoms with Crippen molar-refractivity contribution in [3.05, 3.63) is 22.7 Å². The van der Waals surface area contributed by atoms with E-state index in [2.05, 4.69) is 24.8 Å². The molecule has 100 valence electrons. The lowest BCUT2D eigenvalue weighted by Gasteiger charge is -2.37. The molecule has 1 unspecified atom stereocenters. The van der Waals surface area contributed by atoms with Crippen LogP contribution in [-0.2, 0) is 0 Å². The third-order valence-corrected chi connectivity index (χ3v) is 4.42. The van der Waals surface area contributed by atoms with Crippen molar-refractivity contribution >= 4 is 17.3 Å². The lowest BCUT2D eigenvalue weighted by Crippen LogP contribution is -2.49. The Bertz CT molecular complexity index is 459. The molecule has 0 spiro atoms. The van der Waals surface area contributed by atoms with E-state index in [1.807, 2.05) is 13.0 Å². The summed E-state index contributed by atoms with van der Waals surface area (Å²) in [4.78, 5) is 2.32. The first-order valence-corrected chi connectivity index (χ1v) is 6.63. The molecule has 0 aliphatic carbocycles. The number of methoxy groups -OCH3 is 1. The third kappa shape index (κ3) is 2.06. The molecule has 1 aromatic carbocycles. The van der Waals surface area contributed by atoms with Crippen LogP contribution in [0.1, 0.15) is 25.8 Å². The quantitative estimate of drug-likeness (QED) is 0.896. The van der Waals surface area contributed by atoms with Gasteiger partial charge in [0.05, 0.1) is 12.8 Å². The molecule has 1 aromatic rings. The number of hydrogen-bond acceptors (Lipinski definition) is 3. The molecule has 1 fully saturated rings. The normalized spacial score (nSPS) is 22.3. The Labute approximate surface area is 114 Å². The Hall–Kier alpha value is -0.930. The summed E-state index contributed by atoms with van der Waals surface area (Å²) in [6.45, 7) is 7.31. The van der Waals surface area contributed by atoms with Crippen LogP contribution in [-0.4, -0.2) is 25.2 Å². The van der Waals surface area contributed by atoms with Gasteiger partial charge in [0.15, 0.2) is 0 Å². The fraction of sp³-hybridized carbons (Fsp3) is 0.571. The monoisotopic (exact) mass is 268 g/mol. The summed E-state index contributed by atoms with van der Waals surface area (Å²) >= 11 is 6.15. The number of aryl methyl sites for hydroxylation is 1. The fourth-order valence-corrected chi connectivity index (χ4v) is 2.72. The summed E-state index contributed by atoms with van der Waals surface area (Å²) in [7, 11) is 1.67. The molecule has 0 aromatic heterocycles. The molecule has 2 N–H and O–H groups in total. The number of anilines is 1. The highest BCUT2D eigenvalue weighted by Crippen LogP contribution is 2.40. The molecular weight excluding hydrogens is 248 g/mol. The minimum absolute atomic E-state index is 0.0620. The van der Waals surface area contributed by atoms with Crippen LogP contribution in [0.5, 0.6) is 5.75 Å². The third-order valence-electron chi connectivity index (χ3n) is 4.02. The van der Waals surface area contributed by atoms with Crippen molar-refractivity contribution < 1.29 is 4.74 Å². The highest BCUT2D eigenvalue weighted by atomic mass is 35.5. The van der Waals surface area contributed by atoms with Crippen LogP contribution < -0.4 is 15.4 Å². The Morgan fingerprint density at radius 2 is 2.11 bits per heavy atom. The maximum absolute atomic E-state index is 6.19. The van der Waals surface area contributed by atoms with E-state index < -0.39 is 0 Å². The van der Waals surface area contributed by atoms with E-state index in [9.17, 15) is 0 Å². The van der Waals surface area contributed by atoms with Crippen LogP contribution in [0, 0.1) is 6.92 Å². The van der Waals surface area contributed by atoms with Crippen molar-refractivity contribution in [3.8, 4) is 5.75 Å². The van der Waals surface area contributed by atoms with Crippen LogP contribution >= 0.6 is 11.6 Å². The van der Waals surface area contributed by atoms with Gasteiger partial charge < -0.3 is 15.4 Å². The Morgan fingerprint density at radius 1 is 1.44 bits per heavy atom. The summed E-state index contributed by atoms with van der Waals surface area (Å²) in [5, 5.41) is 0.733. The first-order chi connectivity index (χ1) is 8.37. The number of hydrogen-bond donors (Lipinski definition) is 1. The SMILES string of the molecule is COc1cc(Cl)c(C)cc1N1CCC(N)C1(C)C. The highest BCUT2D eigenvalue weighted by molar-refractivity contribution is 6.31. The molecule has 1 aliphatic rings. The van der Waals surface area contributed by atoms with Gasteiger partial charge in [0, 0.05) is 29.2 Å². The van der Waals surface area contributed by atoms with E-state index in [0.717, 1.165) is 35.0 Å². The van der Waals surface area contributed by atoms with E-state index in [1.54, 1.807) is 7.11 Å². The molecule has 18 heavy (non-hydrogen) atoms. The highest BCUT2D eigenvalue weighted by Gasteiger charge is 2.40. The fourth-order valence-electron chi connectivity index (χ4n) is 2.56. The van der Waals surface area contributed by atoms with E-state index >= 15 is 0 Å². The summed E-state index contributed by atoms with van der Waals surface area (Å²) in [5.74, 6) is 0.813. The predicted octanol–water partition coefficient (Wildman–Crippen LogP) is 2.97. The largest absolute Gasteiger partial charge is 0.495 e. The van der Waals surface area contributed by atoms with Crippen LogP contribution in [0.4, 0.5) is 5.69 Å². The van der Waals surface area contributed by atoms with Gasteiger partial charge in [0.1, 0.15) is 5.75 Å². The van der Waals surface area contributed by atoms with Crippen molar-refractivity contribution in [2.24, 2.45) is 5.73 Å². The maximum Gasteiger partial charge on any atom is 0.143 e. The summed E-state index contributed by atoms with van der Waals surface area (Å²) < 4.78 is 5.46. The maximum atomic E-state index is 6.19. The second kappa shape index (κ2) is 4.63. The predicted molar refractivity (Wildman–Crippen MR) is 76.8 cm³/mol. The lowest BCUT2D eigenvalue weighted by molar-refractivity contribution is 0.405. The van der Waals surface area contributed by atoms with Gasteiger partial charge in [0.25, 0.3) is 0 Å². The number of nitrogens with two attached hydrogens (primary N) is 1. The number of nitrogens with zero attached hydrogens (tertiary/aromatic N) is 1. The molecule has 0 saturated carbocycles. The van der Waals surface area contributed by atoms with Crippen molar-refractivity contribution in [3.63, 3.8) is 0 Å². The molecule has 1 saturated heterocycles. The number of rotatable bonds is 2.